The number of rotatable bonds is 2. The monoisotopic (exact) mass is 230 g/mol. The van der Waals surface area contributed by atoms with Crippen LogP contribution in [0.4, 0.5) is 0 Å². The summed E-state index contributed by atoms with van der Waals surface area (Å²) in [6, 6.07) is 9.87. The SMILES string of the molecule is CN1CCC(c2cccc(C3CCCN3)c2)C1. The minimum atomic E-state index is 0.606. The van der Waals surface area contributed by atoms with Gasteiger partial charge >= 0.3 is 0 Å². The second kappa shape index (κ2) is 4.79. The molecule has 92 valence electrons. The lowest BCUT2D eigenvalue weighted by Gasteiger charge is -2.15. The third kappa shape index (κ3) is 2.38. The Labute approximate surface area is 104 Å². The molecule has 0 aliphatic carbocycles. The maximum atomic E-state index is 3.59. The number of likely N-dealkylation sites (N-methyl/N-ethyl adjacent to an activating group) is 1. The van der Waals surface area contributed by atoms with Crippen molar-refractivity contribution >= 4 is 0 Å². The molecule has 0 spiro atoms. The van der Waals surface area contributed by atoms with Crippen LogP contribution in [-0.2, 0) is 0 Å². The molecule has 2 unspecified atom stereocenters. The third-order valence-electron chi connectivity index (χ3n) is 4.24. The molecule has 1 aromatic rings. The van der Waals surface area contributed by atoms with E-state index in [4.69, 9.17) is 0 Å². The minimum Gasteiger partial charge on any atom is -0.310 e. The van der Waals surface area contributed by atoms with E-state index in [1.165, 1.54) is 44.5 Å². The van der Waals surface area contributed by atoms with Crippen LogP contribution < -0.4 is 5.32 Å². The summed E-state index contributed by atoms with van der Waals surface area (Å²) in [4.78, 5) is 2.44. The van der Waals surface area contributed by atoms with Gasteiger partial charge in [-0.3, -0.25) is 0 Å². The second-order valence-corrected chi connectivity index (χ2v) is 5.57. The smallest absolute Gasteiger partial charge is 0.0320 e. The highest BCUT2D eigenvalue weighted by Crippen LogP contribution is 2.30. The maximum Gasteiger partial charge on any atom is 0.0320 e. The maximum absolute atomic E-state index is 3.59. The number of likely N-dealkylation sites (tertiary alicyclic amines) is 1. The van der Waals surface area contributed by atoms with E-state index in [9.17, 15) is 0 Å². The van der Waals surface area contributed by atoms with Crippen LogP contribution in [0.15, 0.2) is 24.3 Å². The molecule has 1 aromatic carbocycles. The molecule has 0 amide bonds. The van der Waals surface area contributed by atoms with Gasteiger partial charge in [0.15, 0.2) is 0 Å². The molecule has 0 saturated carbocycles. The van der Waals surface area contributed by atoms with E-state index in [-0.39, 0.29) is 0 Å². The molecule has 2 fully saturated rings. The first-order valence-corrected chi connectivity index (χ1v) is 6.85. The zero-order valence-electron chi connectivity index (χ0n) is 10.7. The van der Waals surface area contributed by atoms with Gasteiger partial charge in [-0.2, -0.15) is 0 Å². The van der Waals surface area contributed by atoms with Gasteiger partial charge in [0.25, 0.3) is 0 Å². The lowest BCUT2D eigenvalue weighted by Crippen LogP contribution is -2.14. The Morgan fingerprint density at radius 2 is 2.12 bits per heavy atom. The van der Waals surface area contributed by atoms with Gasteiger partial charge < -0.3 is 10.2 Å². The Balaban J connectivity index is 1.78. The van der Waals surface area contributed by atoms with Gasteiger partial charge in [0, 0.05) is 12.6 Å². The fourth-order valence-electron chi connectivity index (χ4n) is 3.21. The van der Waals surface area contributed by atoms with E-state index in [0.29, 0.717) is 6.04 Å². The number of hydrogen-bond donors (Lipinski definition) is 1. The van der Waals surface area contributed by atoms with Gasteiger partial charge in [-0.25, -0.2) is 0 Å². The Bertz CT molecular complexity index is 382. The Hall–Kier alpha value is -0.860. The molecule has 2 atom stereocenters. The van der Waals surface area contributed by atoms with Crippen LogP contribution in [0, 0.1) is 0 Å². The fraction of sp³-hybridized carbons (Fsp3) is 0.600. The molecular formula is C15H22N2. The largest absolute Gasteiger partial charge is 0.310 e. The zero-order chi connectivity index (χ0) is 11.7. The first-order valence-electron chi connectivity index (χ1n) is 6.85. The van der Waals surface area contributed by atoms with Crippen molar-refractivity contribution in [3.05, 3.63) is 35.4 Å². The number of benzene rings is 1. The summed E-state index contributed by atoms with van der Waals surface area (Å²) in [7, 11) is 2.22. The standard InChI is InChI=1S/C15H22N2/c1-17-9-7-14(11-17)12-4-2-5-13(10-12)15-6-3-8-16-15/h2,4-5,10,14-16H,3,6-9,11H2,1H3. The molecule has 3 rings (SSSR count). The summed E-state index contributed by atoms with van der Waals surface area (Å²) >= 11 is 0. The highest BCUT2D eigenvalue weighted by molar-refractivity contribution is 5.30. The van der Waals surface area contributed by atoms with Crippen molar-refractivity contribution in [1.29, 1.82) is 0 Å². The van der Waals surface area contributed by atoms with E-state index < -0.39 is 0 Å². The van der Waals surface area contributed by atoms with Crippen LogP contribution in [0.1, 0.15) is 42.3 Å². The predicted octanol–water partition coefficient (Wildman–Crippen LogP) is 2.53. The van der Waals surface area contributed by atoms with Crippen molar-refractivity contribution < 1.29 is 0 Å². The van der Waals surface area contributed by atoms with Crippen molar-refractivity contribution in [2.75, 3.05) is 26.7 Å². The quantitative estimate of drug-likeness (QED) is 0.840. The van der Waals surface area contributed by atoms with Crippen LogP contribution in [-0.4, -0.2) is 31.6 Å². The first kappa shape index (κ1) is 11.2. The second-order valence-electron chi connectivity index (χ2n) is 5.57. The molecule has 2 nitrogen and oxygen atoms in total. The van der Waals surface area contributed by atoms with E-state index >= 15 is 0 Å². The third-order valence-corrected chi connectivity index (χ3v) is 4.24. The molecule has 2 heterocycles. The average molecular weight is 230 g/mol. The Morgan fingerprint density at radius 1 is 1.24 bits per heavy atom. The molecule has 2 saturated heterocycles. The molecule has 1 N–H and O–H groups in total. The minimum absolute atomic E-state index is 0.606. The zero-order valence-corrected chi connectivity index (χ0v) is 10.7. The lowest BCUT2D eigenvalue weighted by molar-refractivity contribution is 0.411. The predicted molar refractivity (Wildman–Crippen MR) is 71.3 cm³/mol. The highest BCUT2D eigenvalue weighted by Gasteiger charge is 2.22. The van der Waals surface area contributed by atoms with Gasteiger partial charge in [-0.15, -0.1) is 0 Å². The summed E-state index contributed by atoms with van der Waals surface area (Å²) in [5.41, 5.74) is 3.04. The highest BCUT2D eigenvalue weighted by atomic mass is 15.1. The average Bonchev–Trinajstić information content (AvgIpc) is 3.00. The molecule has 17 heavy (non-hydrogen) atoms. The van der Waals surface area contributed by atoms with Crippen molar-refractivity contribution in [3.8, 4) is 0 Å². The first-order chi connectivity index (χ1) is 8.33. The van der Waals surface area contributed by atoms with Gasteiger partial charge in [0.2, 0.25) is 0 Å². The van der Waals surface area contributed by atoms with E-state index in [1.54, 1.807) is 5.56 Å². The molecule has 2 heteroatoms. The summed E-state index contributed by atoms with van der Waals surface area (Å²) < 4.78 is 0. The Kier molecular flexibility index (Phi) is 3.17. The van der Waals surface area contributed by atoms with Crippen LogP contribution >= 0.6 is 0 Å². The molecular weight excluding hydrogens is 208 g/mol. The normalized spacial score (nSPS) is 29.9. The molecule has 0 aromatic heterocycles. The number of nitrogens with one attached hydrogen (secondary N) is 1. The molecule has 2 aliphatic heterocycles. The molecule has 0 radical (unpaired) electrons. The van der Waals surface area contributed by atoms with Gasteiger partial charge in [0.1, 0.15) is 0 Å². The van der Waals surface area contributed by atoms with Crippen molar-refractivity contribution in [2.45, 2.75) is 31.2 Å². The van der Waals surface area contributed by atoms with Gasteiger partial charge in [-0.05, 0) is 56.4 Å². The summed E-state index contributed by atoms with van der Waals surface area (Å²) in [6.07, 6.45) is 3.94. The van der Waals surface area contributed by atoms with Gasteiger partial charge in [-0.1, -0.05) is 24.3 Å². The molecule has 0 bridgehead atoms. The van der Waals surface area contributed by atoms with Crippen LogP contribution in [0.5, 0.6) is 0 Å². The molecule has 2 aliphatic rings. The van der Waals surface area contributed by atoms with Gasteiger partial charge in [0.05, 0.1) is 0 Å². The topological polar surface area (TPSA) is 15.3 Å². The number of nitrogens with zero attached hydrogens (tertiary/aromatic N) is 1. The van der Waals surface area contributed by atoms with Crippen LogP contribution in [0.25, 0.3) is 0 Å². The summed E-state index contributed by atoms with van der Waals surface area (Å²) in [6.45, 7) is 3.65. The summed E-state index contributed by atoms with van der Waals surface area (Å²) in [5, 5.41) is 3.59. The van der Waals surface area contributed by atoms with Crippen molar-refractivity contribution in [2.24, 2.45) is 0 Å². The van der Waals surface area contributed by atoms with E-state index in [0.717, 1.165) is 5.92 Å². The van der Waals surface area contributed by atoms with Crippen LogP contribution in [0.3, 0.4) is 0 Å². The van der Waals surface area contributed by atoms with E-state index in [1.807, 2.05) is 0 Å². The Morgan fingerprint density at radius 3 is 2.82 bits per heavy atom. The fourth-order valence-corrected chi connectivity index (χ4v) is 3.21. The van der Waals surface area contributed by atoms with Crippen molar-refractivity contribution in [3.63, 3.8) is 0 Å². The number of hydrogen-bond acceptors (Lipinski definition) is 2. The lowest BCUT2D eigenvalue weighted by atomic mass is 9.94. The van der Waals surface area contributed by atoms with Crippen LogP contribution in [0.2, 0.25) is 0 Å². The van der Waals surface area contributed by atoms with Crippen molar-refractivity contribution in [1.82, 2.24) is 10.2 Å². The summed E-state index contributed by atoms with van der Waals surface area (Å²) in [5.74, 6) is 0.751. The van der Waals surface area contributed by atoms with E-state index in [2.05, 4.69) is 41.5 Å².